The van der Waals surface area contributed by atoms with E-state index in [0.717, 1.165) is 30.2 Å². The van der Waals surface area contributed by atoms with Gasteiger partial charge in [0, 0.05) is 36.3 Å². The van der Waals surface area contributed by atoms with Gasteiger partial charge >= 0.3 is 0 Å². The van der Waals surface area contributed by atoms with E-state index in [4.69, 9.17) is 0 Å². The quantitative estimate of drug-likeness (QED) is 0.754. The average Bonchev–Trinajstić information content (AvgIpc) is 2.77. The Hall–Kier alpha value is -1.97. The number of fused-ring (bicyclic) bond motifs is 1. The van der Waals surface area contributed by atoms with Gasteiger partial charge < -0.3 is 5.32 Å². The van der Waals surface area contributed by atoms with Crippen LogP contribution in [0.1, 0.15) is 5.56 Å². The summed E-state index contributed by atoms with van der Waals surface area (Å²) < 4.78 is 0. The molecule has 3 heterocycles. The predicted octanol–water partition coefficient (Wildman–Crippen LogP) is 1.51. The van der Waals surface area contributed by atoms with Crippen LogP contribution in [-0.2, 0) is 6.42 Å². The molecule has 0 bridgehead atoms. The van der Waals surface area contributed by atoms with Gasteiger partial charge in [-0.1, -0.05) is 0 Å². The highest BCUT2D eigenvalue weighted by Crippen LogP contribution is 2.21. The maximum Gasteiger partial charge on any atom is 0.163 e. The van der Waals surface area contributed by atoms with E-state index in [2.05, 4.69) is 20.3 Å². The molecule has 1 N–H and O–H groups in total. The second kappa shape index (κ2) is 3.31. The maximum absolute atomic E-state index is 4.46. The van der Waals surface area contributed by atoms with Crippen molar-refractivity contribution in [3.8, 4) is 11.4 Å². The Morgan fingerprint density at radius 1 is 1.27 bits per heavy atom. The first-order valence-corrected chi connectivity index (χ1v) is 4.94. The summed E-state index contributed by atoms with van der Waals surface area (Å²) in [7, 11) is 0. The van der Waals surface area contributed by atoms with Crippen molar-refractivity contribution in [1.82, 2.24) is 15.0 Å². The van der Waals surface area contributed by atoms with Crippen molar-refractivity contribution >= 4 is 5.82 Å². The standard InChI is InChI=1S/C11H10N4/c1-2-8(6-12-4-1)11-14-7-9-3-5-13-10(9)15-11/h1-2,4,6-7H,3,5H2,(H,13,14,15). The van der Waals surface area contributed by atoms with Gasteiger partial charge in [-0.25, -0.2) is 9.97 Å². The molecule has 0 fully saturated rings. The summed E-state index contributed by atoms with van der Waals surface area (Å²) in [5, 5.41) is 3.24. The maximum atomic E-state index is 4.46. The first kappa shape index (κ1) is 8.35. The van der Waals surface area contributed by atoms with Gasteiger partial charge in [-0.3, -0.25) is 4.98 Å². The molecular weight excluding hydrogens is 188 g/mol. The van der Waals surface area contributed by atoms with Crippen molar-refractivity contribution in [1.29, 1.82) is 0 Å². The Bertz CT molecular complexity index is 481. The third-order valence-corrected chi connectivity index (χ3v) is 2.47. The number of pyridine rings is 1. The Kier molecular flexibility index (Phi) is 1.84. The normalized spacial score (nSPS) is 13.3. The molecule has 2 aromatic rings. The highest BCUT2D eigenvalue weighted by molar-refractivity contribution is 5.58. The SMILES string of the molecule is c1cncc(-c2ncc3c(n2)NCC3)c1. The fourth-order valence-corrected chi connectivity index (χ4v) is 1.69. The predicted molar refractivity (Wildman–Crippen MR) is 57.5 cm³/mol. The van der Waals surface area contributed by atoms with E-state index >= 15 is 0 Å². The summed E-state index contributed by atoms with van der Waals surface area (Å²) in [5.41, 5.74) is 2.15. The van der Waals surface area contributed by atoms with Gasteiger partial charge in [0.05, 0.1) is 0 Å². The Morgan fingerprint density at radius 3 is 3.13 bits per heavy atom. The molecule has 0 radical (unpaired) electrons. The number of nitrogens with one attached hydrogen (secondary N) is 1. The van der Waals surface area contributed by atoms with Crippen molar-refractivity contribution in [2.75, 3.05) is 11.9 Å². The lowest BCUT2D eigenvalue weighted by molar-refractivity contribution is 1.09. The van der Waals surface area contributed by atoms with Crippen molar-refractivity contribution in [2.45, 2.75) is 6.42 Å². The van der Waals surface area contributed by atoms with Gasteiger partial charge in [-0.15, -0.1) is 0 Å². The fourth-order valence-electron chi connectivity index (χ4n) is 1.69. The van der Waals surface area contributed by atoms with Gasteiger partial charge in [0.15, 0.2) is 5.82 Å². The smallest absolute Gasteiger partial charge is 0.163 e. The zero-order valence-corrected chi connectivity index (χ0v) is 8.14. The number of hydrogen-bond donors (Lipinski definition) is 1. The molecule has 0 aliphatic carbocycles. The highest BCUT2D eigenvalue weighted by Gasteiger charge is 2.13. The molecule has 15 heavy (non-hydrogen) atoms. The molecule has 3 rings (SSSR count). The van der Waals surface area contributed by atoms with Crippen LogP contribution in [0.25, 0.3) is 11.4 Å². The van der Waals surface area contributed by atoms with Crippen LogP contribution < -0.4 is 5.32 Å². The monoisotopic (exact) mass is 198 g/mol. The molecular formula is C11H10N4. The van der Waals surface area contributed by atoms with Crippen molar-refractivity contribution in [2.24, 2.45) is 0 Å². The summed E-state index contributed by atoms with van der Waals surface area (Å²) in [6, 6.07) is 3.85. The average molecular weight is 198 g/mol. The van der Waals surface area contributed by atoms with Gasteiger partial charge in [0.2, 0.25) is 0 Å². The lowest BCUT2D eigenvalue weighted by Crippen LogP contribution is -1.96. The van der Waals surface area contributed by atoms with E-state index in [0.29, 0.717) is 0 Å². The molecule has 0 saturated carbocycles. The minimum Gasteiger partial charge on any atom is -0.369 e. The fraction of sp³-hybridized carbons (Fsp3) is 0.182. The zero-order chi connectivity index (χ0) is 10.1. The Balaban J connectivity index is 2.07. The van der Waals surface area contributed by atoms with E-state index in [1.165, 1.54) is 5.56 Å². The first-order valence-electron chi connectivity index (χ1n) is 4.94. The summed E-state index contributed by atoms with van der Waals surface area (Å²) in [6.45, 7) is 0.959. The second-order valence-corrected chi connectivity index (χ2v) is 3.49. The highest BCUT2D eigenvalue weighted by atomic mass is 15.0. The zero-order valence-electron chi connectivity index (χ0n) is 8.14. The lowest BCUT2D eigenvalue weighted by Gasteiger charge is -2.02. The number of rotatable bonds is 1. The van der Waals surface area contributed by atoms with Gasteiger partial charge in [0.1, 0.15) is 5.82 Å². The van der Waals surface area contributed by atoms with Crippen molar-refractivity contribution in [3.63, 3.8) is 0 Å². The number of nitrogens with zero attached hydrogens (tertiary/aromatic N) is 3. The van der Waals surface area contributed by atoms with E-state index < -0.39 is 0 Å². The molecule has 0 unspecified atom stereocenters. The van der Waals surface area contributed by atoms with Crippen LogP contribution in [0.5, 0.6) is 0 Å². The summed E-state index contributed by atoms with van der Waals surface area (Å²) in [5.74, 6) is 1.69. The van der Waals surface area contributed by atoms with Crippen molar-refractivity contribution < 1.29 is 0 Å². The lowest BCUT2D eigenvalue weighted by atomic mass is 10.2. The molecule has 74 valence electrons. The van der Waals surface area contributed by atoms with Crippen LogP contribution in [0.4, 0.5) is 5.82 Å². The molecule has 4 nitrogen and oxygen atoms in total. The number of hydrogen-bond acceptors (Lipinski definition) is 4. The molecule has 4 heteroatoms. The Labute approximate surface area is 87.4 Å². The van der Waals surface area contributed by atoms with Crippen LogP contribution in [0.15, 0.2) is 30.7 Å². The van der Waals surface area contributed by atoms with E-state index in [-0.39, 0.29) is 0 Å². The molecule has 0 amide bonds. The largest absolute Gasteiger partial charge is 0.369 e. The van der Waals surface area contributed by atoms with Crippen LogP contribution >= 0.6 is 0 Å². The molecule has 1 aliphatic heterocycles. The third kappa shape index (κ3) is 1.44. The van der Waals surface area contributed by atoms with Crippen LogP contribution in [0.3, 0.4) is 0 Å². The second-order valence-electron chi connectivity index (χ2n) is 3.49. The Morgan fingerprint density at radius 2 is 2.27 bits per heavy atom. The molecule has 0 atom stereocenters. The topological polar surface area (TPSA) is 50.7 Å². The third-order valence-electron chi connectivity index (χ3n) is 2.47. The number of aromatic nitrogens is 3. The van der Waals surface area contributed by atoms with Gasteiger partial charge in [0.25, 0.3) is 0 Å². The summed E-state index contributed by atoms with van der Waals surface area (Å²) >= 11 is 0. The molecule has 0 saturated heterocycles. The minimum absolute atomic E-state index is 0.733. The van der Waals surface area contributed by atoms with Gasteiger partial charge in [-0.05, 0) is 18.6 Å². The van der Waals surface area contributed by atoms with Crippen molar-refractivity contribution in [3.05, 3.63) is 36.3 Å². The summed E-state index contributed by atoms with van der Waals surface area (Å²) in [4.78, 5) is 12.8. The molecule has 1 aliphatic rings. The first-order chi connectivity index (χ1) is 7.43. The van der Waals surface area contributed by atoms with Crippen LogP contribution in [0, 0.1) is 0 Å². The van der Waals surface area contributed by atoms with Crippen LogP contribution in [-0.4, -0.2) is 21.5 Å². The van der Waals surface area contributed by atoms with E-state index in [1.54, 1.807) is 12.4 Å². The molecule has 2 aromatic heterocycles. The van der Waals surface area contributed by atoms with Gasteiger partial charge in [-0.2, -0.15) is 0 Å². The van der Waals surface area contributed by atoms with Crippen LogP contribution in [0.2, 0.25) is 0 Å². The summed E-state index contributed by atoms with van der Waals surface area (Å²) in [6.07, 6.45) is 6.43. The number of anilines is 1. The molecule has 0 aromatic carbocycles. The van der Waals surface area contributed by atoms with E-state index in [1.807, 2.05) is 18.3 Å². The minimum atomic E-state index is 0.733. The van der Waals surface area contributed by atoms with E-state index in [9.17, 15) is 0 Å². The molecule has 0 spiro atoms.